The molecule has 0 aromatic rings. The number of hydrogen-bond donors (Lipinski definition) is 0. The second-order valence-corrected chi connectivity index (χ2v) is 6.87. The molecular weight excluding hydrogens is 288 g/mol. The summed E-state index contributed by atoms with van der Waals surface area (Å²) in [4.78, 5) is 11.4. The third-order valence-electron chi connectivity index (χ3n) is 2.50. The average Bonchev–Trinajstić information content (AvgIpc) is 2.45. The summed E-state index contributed by atoms with van der Waals surface area (Å²) < 4.78 is 22.3. The van der Waals surface area contributed by atoms with E-state index in [4.69, 9.17) is 18.0 Å². The first-order chi connectivity index (χ1) is 10.1. The largest absolute Gasteiger partial charge is 0.501 e. The zero-order chi connectivity index (χ0) is 16.0. The Labute approximate surface area is 129 Å². The summed E-state index contributed by atoms with van der Waals surface area (Å²) in [6, 6.07) is 0.647. The quantitative estimate of drug-likeness (QED) is 0.182. The van der Waals surface area contributed by atoms with Crippen molar-refractivity contribution in [1.29, 1.82) is 0 Å². The molecule has 21 heavy (non-hydrogen) atoms. The third-order valence-corrected chi connectivity index (χ3v) is 5.65. The van der Waals surface area contributed by atoms with Gasteiger partial charge in [0.1, 0.15) is 0 Å². The lowest BCUT2D eigenvalue weighted by Crippen LogP contribution is -2.46. The summed E-state index contributed by atoms with van der Waals surface area (Å²) in [6.07, 6.45) is 7.34. The van der Waals surface area contributed by atoms with E-state index in [1.807, 2.05) is 33.8 Å². The molecule has 0 unspecified atom stereocenters. The molecule has 0 heterocycles. The van der Waals surface area contributed by atoms with Crippen molar-refractivity contribution in [3.8, 4) is 0 Å². The minimum absolute atomic E-state index is 0.334. The zero-order valence-corrected chi connectivity index (χ0v) is 14.6. The van der Waals surface area contributed by atoms with Crippen LogP contribution in [-0.4, -0.2) is 41.2 Å². The number of carbonyl (C=O) groups is 1. The highest BCUT2D eigenvalue weighted by Gasteiger charge is 2.39. The first-order valence-electron chi connectivity index (χ1n) is 7.52. The van der Waals surface area contributed by atoms with E-state index in [9.17, 15) is 4.79 Å². The molecule has 0 aliphatic carbocycles. The fourth-order valence-corrected chi connectivity index (χ4v) is 4.34. The number of esters is 1. The van der Waals surface area contributed by atoms with Crippen LogP contribution in [0.3, 0.4) is 0 Å². The zero-order valence-electron chi connectivity index (χ0n) is 13.6. The van der Waals surface area contributed by atoms with Crippen LogP contribution in [-0.2, 0) is 22.8 Å². The van der Waals surface area contributed by atoms with Gasteiger partial charge in [0.15, 0.2) is 0 Å². The van der Waals surface area contributed by atoms with E-state index in [1.54, 1.807) is 12.2 Å². The predicted molar refractivity (Wildman–Crippen MR) is 85.0 cm³/mol. The van der Waals surface area contributed by atoms with Crippen molar-refractivity contribution in [1.82, 2.24) is 0 Å². The van der Waals surface area contributed by atoms with Crippen molar-refractivity contribution in [2.45, 2.75) is 40.2 Å². The van der Waals surface area contributed by atoms with Gasteiger partial charge in [0.05, 0.1) is 6.61 Å². The Balaban J connectivity index is 4.20. The molecule has 0 N–H and O–H groups in total. The molecule has 0 saturated carbocycles. The van der Waals surface area contributed by atoms with Crippen LogP contribution in [0.25, 0.3) is 0 Å². The molecule has 0 fully saturated rings. The van der Waals surface area contributed by atoms with Crippen molar-refractivity contribution in [2.24, 2.45) is 0 Å². The molecule has 0 aromatic carbocycles. The number of hydrogen-bond acceptors (Lipinski definition) is 5. The van der Waals surface area contributed by atoms with Gasteiger partial charge >= 0.3 is 14.8 Å². The Bertz CT molecular complexity index is 311. The molecule has 0 spiro atoms. The summed E-state index contributed by atoms with van der Waals surface area (Å²) in [7, 11) is -2.62. The second-order valence-electron chi connectivity index (χ2n) is 4.14. The van der Waals surface area contributed by atoms with Crippen LogP contribution >= 0.6 is 0 Å². The minimum atomic E-state index is -2.62. The summed E-state index contributed by atoms with van der Waals surface area (Å²) in [6.45, 7) is 9.65. The van der Waals surface area contributed by atoms with Gasteiger partial charge < -0.3 is 18.0 Å². The smallest absolute Gasteiger partial charge is 0.463 e. The van der Waals surface area contributed by atoms with Crippen molar-refractivity contribution in [3.63, 3.8) is 0 Å². The van der Waals surface area contributed by atoms with Crippen molar-refractivity contribution in [2.75, 3.05) is 26.4 Å². The second kappa shape index (κ2) is 12.8. The lowest BCUT2D eigenvalue weighted by molar-refractivity contribution is -0.137. The monoisotopic (exact) mass is 316 g/mol. The van der Waals surface area contributed by atoms with Gasteiger partial charge in [-0.1, -0.05) is 18.2 Å². The predicted octanol–water partition coefficient (Wildman–Crippen LogP) is 3.10. The fourth-order valence-electron chi connectivity index (χ4n) is 1.76. The average molecular weight is 316 g/mol. The molecule has 0 atom stereocenters. The van der Waals surface area contributed by atoms with Crippen LogP contribution in [0.4, 0.5) is 0 Å². The molecule has 0 saturated heterocycles. The lowest BCUT2D eigenvalue weighted by atomic mass is 10.4. The van der Waals surface area contributed by atoms with E-state index in [0.29, 0.717) is 38.9 Å². The molecular formula is C15H28O5Si. The van der Waals surface area contributed by atoms with Crippen LogP contribution in [0.2, 0.25) is 6.04 Å². The molecule has 0 aromatic heterocycles. The lowest BCUT2D eigenvalue weighted by Gasteiger charge is -2.28. The Kier molecular flexibility index (Phi) is 12.2. The van der Waals surface area contributed by atoms with Crippen LogP contribution in [0.5, 0.6) is 0 Å². The fraction of sp³-hybridized carbons (Fsp3) is 0.667. The van der Waals surface area contributed by atoms with Crippen LogP contribution in [0.1, 0.15) is 34.1 Å². The Hall–Kier alpha value is -0.953. The SMILES string of the molecule is CC=CC=CC(=O)OCCC[Si](OCC)(OCC)OCC. The molecule has 0 amide bonds. The van der Waals surface area contributed by atoms with Gasteiger partial charge in [0.25, 0.3) is 0 Å². The van der Waals surface area contributed by atoms with Gasteiger partial charge in [-0.2, -0.15) is 0 Å². The topological polar surface area (TPSA) is 54.0 Å². The molecule has 5 nitrogen and oxygen atoms in total. The highest BCUT2D eigenvalue weighted by atomic mass is 28.4. The standard InChI is InChI=1S/C15H28O5Si/c1-5-9-10-12-15(16)17-13-11-14-21(18-6-2,19-7-3)20-8-4/h5,9-10,12H,6-8,11,13-14H2,1-4H3. The van der Waals surface area contributed by atoms with Gasteiger partial charge in [0.2, 0.25) is 0 Å². The van der Waals surface area contributed by atoms with E-state index >= 15 is 0 Å². The molecule has 0 aliphatic rings. The van der Waals surface area contributed by atoms with Gasteiger partial charge in [-0.15, -0.1) is 0 Å². The van der Waals surface area contributed by atoms with Gasteiger partial charge in [-0.05, 0) is 34.1 Å². The Morgan fingerprint density at radius 2 is 1.57 bits per heavy atom. The molecule has 6 heteroatoms. The van der Waals surface area contributed by atoms with E-state index in [1.165, 1.54) is 6.08 Å². The maximum Gasteiger partial charge on any atom is 0.501 e. The van der Waals surface area contributed by atoms with Crippen LogP contribution < -0.4 is 0 Å². The first-order valence-corrected chi connectivity index (χ1v) is 9.45. The van der Waals surface area contributed by atoms with E-state index in [2.05, 4.69) is 0 Å². The normalized spacial score (nSPS) is 12.4. The van der Waals surface area contributed by atoms with Crippen molar-refractivity contribution in [3.05, 3.63) is 24.3 Å². The third kappa shape index (κ3) is 9.57. The molecule has 0 radical (unpaired) electrons. The summed E-state index contributed by atoms with van der Waals surface area (Å²) in [5, 5.41) is 0. The highest BCUT2D eigenvalue weighted by molar-refractivity contribution is 6.60. The molecule has 122 valence electrons. The molecule has 0 rings (SSSR count). The minimum Gasteiger partial charge on any atom is -0.463 e. The van der Waals surface area contributed by atoms with Gasteiger partial charge in [-0.25, -0.2) is 4.79 Å². The highest BCUT2D eigenvalue weighted by Crippen LogP contribution is 2.18. The van der Waals surface area contributed by atoms with E-state index in [0.717, 1.165) is 0 Å². The van der Waals surface area contributed by atoms with Crippen molar-refractivity contribution >= 4 is 14.8 Å². The molecule has 0 aliphatic heterocycles. The van der Waals surface area contributed by atoms with Gasteiger partial charge in [0, 0.05) is 31.9 Å². The van der Waals surface area contributed by atoms with E-state index < -0.39 is 8.80 Å². The Morgan fingerprint density at radius 3 is 2.05 bits per heavy atom. The van der Waals surface area contributed by atoms with E-state index in [-0.39, 0.29) is 5.97 Å². The summed E-state index contributed by atoms with van der Waals surface area (Å²) >= 11 is 0. The summed E-state index contributed by atoms with van der Waals surface area (Å²) in [5.41, 5.74) is 0. The van der Waals surface area contributed by atoms with Crippen LogP contribution in [0.15, 0.2) is 24.3 Å². The number of carbonyl (C=O) groups excluding carboxylic acids is 1. The van der Waals surface area contributed by atoms with Crippen LogP contribution in [0, 0.1) is 0 Å². The maximum atomic E-state index is 11.4. The van der Waals surface area contributed by atoms with Crippen molar-refractivity contribution < 1.29 is 22.8 Å². The first kappa shape index (κ1) is 20.0. The maximum absolute atomic E-state index is 11.4. The number of allylic oxidation sites excluding steroid dienone is 3. The number of ether oxygens (including phenoxy) is 1. The Morgan fingerprint density at radius 1 is 1.00 bits per heavy atom. The molecule has 0 bridgehead atoms. The summed E-state index contributed by atoms with van der Waals surface area (Å²) in [5.74, 6) is -0.343. The number of rotatable bonds is 12. The van der Waals surface area contributed by atoms with Gasteiger partial charge in [-0.3, -0.25) is 0 Å².